The van der Waals surface area contributed by atoms with E-state index in [1.807, 2.05) is 30.3 Å². The first-order valence-corrected chi connectivity index (χ1v) is 9.70. The average Bonchev–Trinajstić information content (AvgIpc) is 2.80. The number of rotatable bonds is 5. The van der Waals surface area contributed by atoms with Crippen molar-refractivity contribution in [2.75, 3.05) is 41.8 Å². The molecule has 0 bridgehead atoms. The van der Waals surface area contributed by atoms with Crippen molar-refractivity contribution in [2.45, 2.75) is 0 Å². The standard InChI is InChI=1S/C23H21N5O2/c24-16-18-5-1-2-6-19(18)26-22-15-17(9-10-25-22)23(29)27-20-7-3-4-8-21(20)28-11-13-30-14-12-28/h1-10,15H,11-14H2,(H,25,26)(H,27,29). The lowest BCUT2D eigenvalue weighted by Crippen LogP contribution is -2.36. The number of carbonyl (C=O) groups is 1. The number of carbonyl (C=O) groups excluding carboxylic acids is 1. The lowest BCUT2D eigenvalue weighted by molar-refractivity contribution is 0.102. The summed E-state index contributed by atoms with van der Waals surface area (Å²) in [6.07, 6.45) is 1.57. The lowest BCUT2D eigenvalue weighted by atomic mass is 10.2. The molecule has 150 valence electrons. The summed E-state index contributed by atoms with van der Waals surface area (Å²) < 4.78 is 5.43. The number of ether oxygens (including phenoxy) is 1. The second-order valence-corrected chi connectivity index (χ2v) is 6.78. The molecule has 1 aliphatic heterocycles. The van der Waals surface area contributed by atoms with Gasteiger partial charge in [0.2, 0.25) is 0 Å². The monoisotopic (exact) mass is 399 g/mol. The summed E-state index contributed by atoms with van der Waals surface area (Å²) in [7, 11) is 0. The van der Waals surface area contributed by atoms with Crippen molar-refractivity contribution in [1.29, 1.82) is 5.26 Å². The Morgan fingerprint density at radius 2 is 1.77 bits per heavy atom. The zero-order valence-electron chi connectivity index (χ0n) is 16.3. The van der Waals surface area contributed by atoms with Gasteiger partial charge in [-0.25, -0.2) is 4.98 Å². The SMILES string of the molecule is N#Cc1ccccc1Nc1cc(C(=O)Nc2ccccc2N2CCOCC2)ccn1. The Labute approximate surface area is 174 Å². The van der Waals surface area contributed by atoms with Gasteiger partial charge in [0.25, 0.3) is 5.91 Å². The maximum Gasteiger partial charge on any atom is 0.255 e. The van der Waals surface area contributed by atoms with Gasteiger partial charge in [-0.1, -0.05) is 24.3 Å². The Morgan fingerprint density at radius 1 is 1.03 bits per heavy atom. The molecule has 2 N–H and O–H groups in total. The molecule has 0 radical (unpaired) electrons. The van der Waals surface area contributed by atoms with Gasteiger partial charge in [0.1, 0.15) is 11.9 Å². The van der Waals surface area contributed by atoms with Crippen LogP contribution in [0.4, 0.5) is 22.9 Å². The van der Waals surface area contributed by atoms with E-state index in [4.69, 9.17) is 4.74 Å². The first-order valence-electron chi connectivity index (χ1n) is 9.70. The molecule has 1 aliphatic rings. The van der Waals surface area contributed by atoms with E-state index in [0.717, 1.165) is 24.5 Å². The van der Waals surface area contributed by atoms with Crippen molar-refractivity contribution in [3.05, 3.63) is 78.0 Å². The van der Waals surface area contributed by atoms with Crippen LogP contribution in [-0.4, -0.2) is 37.2 Å². The summed E-state index contributed by atoms with van der Waals surface area (Å²) in [6, 6.07) is 20.4. The second kappa shape index (κ2) is 9.07. The summed E-state index contributed by atoms with van der Waals surface area (Å²) in [5.74, 6) is 0.265. The Hall–Kier alpha value is -3.89. The third-order valence-electron chi connectivity index (χ3n) is 4.84. The van der Waals surface area contributed by atoms with E-state index in [0.29, 0.717) is 35.8 Å². The molecule has 1 saturated heterocycles. The zero-order valence-corrected chi connectivity index (χ0v) is 16.3. The van der Waals surface area contributed by atoms with Crippen molar-refractivity contribution in [1.82, 2.24) is 4.98 Å². The third-order valence-corrected chi connectivity index (χ3v) is 4.84. The number of hydrogen-bond donors (Lipinski definition) is 2. The van der Waals surface area contributed by atoms with Crippen LogP contribution in [0.3, 0.4) is 0 Å². The van der Waals surface area contributed by atoms with Gasteiger partial charge in [0.05, 0.1) is 35.8 Å². The second-order valence-electron chi connectivity index (χ2n) is 6.78. The summed E-state index contributed by atoms with van der Waals surface area (Å²) in [4.78, 5) is 19.4. The predicted octanol–water partition coefficient (Wildman–Crippen LogP) is 3.79. The minimum atomic E-state index is -0.227. The molecule has 0 atom stereocenters. The van der Waals surface area contributed by atoms with E-state index in [9.17, 15) is 10.1 Å². The van der Waals surface area contributed by atoms with Crippen LogP contribution in [-0.2, 0) is 4.74 Å². The van der Waals surface area contributed by atoms with Crippen molar-refractivity contribution in [2.24, 2.45) is 0 Å². The number of aromatic nitrogens is 1. The van der Waals surface area contributed by atoms with E-state index in [-0.39, 0.29) is 5.91 Å². The summed E-state index contributed by atoms with van der Waals surface area (Å²) in [6.45, 7) is 2.92. The minimum absolute atomic E-state index is 0.227. The molecule has 0 spiro atoms. The van der Waals surface area contributed by atoms with Gasteiger partial charge in [0.15, 0.2) is 0 Å². The van der Waals surface area contributed by atoms with Crippen molar-refractivity contribution >= 4 is 28.8 Å². The molecule has 2 aromatic carbocycles. The number of morpholine rings is 1. The molecule has 7 nitrogen and oxygen atoms in total. The zero-order chi connectivity index (χ0) is 20.8. The van der Waals surface area contributed by atoms with Crippen molar-refractivity contribution < 1.29 is 9.53 Å². The highest BCUT2D eigenvalue weighted by Crippen LogP contribution is 2.27. The quantitative estimate of drug-likeness (QED) is 0.678. The highest BCUT2D eigenvalue weighted by molar-refractivity contribution is 6.06. The Morgan fingerprint density at radius 3 is 2.57 bits per heavy atom. The van der Waals surface area contributed by atoms with Gasteiger partial charge in [-0.05, 0) is 36.4 Å². The number of nitrogens with zero attached hydrogens (tertiary/aromatic N) is 3. The molecule has 2 heterocycles. The molecule has 4 rings (SSSR count). The Balaban J connectivity index is 1.52. The van der Waals surface area contributed by atoms with Crippen LogP contribution < -0.4 is 15.5 Å². The van der Waals surface area contributed by atoms with E-state index >= 15 is 0 Å². The maximum atomic E-state index is 12.9. The molecule has 1 fully saturated rings. The number of anilines is 4. The molecule has 1 amide bonds. The highest BCUT2D eigenvalue weighted by Gasteiger charge is 2.16. The number of nitrogens with one attached hydrogen (secondary N) is 2. The average molecular weight is 399 g/mol. The summed E-state index contributed by atoms with van der Waals surface area (Å²) >= 11 is 0. The molecule has 3 aromatic rings. The Kier molecular flexibility index (Phi) is 5.88. The Bertz CT molecular complexity index is 1090. The number of benzene rings is 2. The topological polar surface area (TPSA) is 90.3 Å². The summed E-state index contributed by atoms with van der Waals surface area (Å²) in [5, 5.41) is 15.4. The smallest absolute Gasteiger partial charge is 0.255 e. The number of nitriles is 1. The maximum absolute atomic E-state index is 12.9. The number of amides is 1. The van der Waals surface area contributed by atoms with Crippen LogP contribution in [0.5, 0.6) is 0 Å². The van der Waals surface area contributed by atoms with Crippen LogP contribution in [0, 0.1) is 11.3 Å². The van der Waals surface area contributed by atoms with E-state index < -0.39 is 0 Å². The third kappa shape index (κ3) is 4.40. The predicted molar refractivity (Wildman–Crippen MR) is 116 cm³/mol. The fraction of sp³-hybridized carbons (Fsp3) is 0.174. The molecular formula is C23H21N5O2. The largest absolute Gasteiger partial charge is 0.378 e. The fourth-order valence-electron chi connectivity index (χ4n) is 3.32. The number of para-hydroxylation sites is 3. The van der Waals surface area contributed by atoms with Gasteiger partial charge in [-0.2, -0.15) is 5.26 Å². The van der Waals surface area contributed by atoms with E-state index in [1.54, 1.807) is 36.5 Å². The van der Waals surface area contributed by atoms with Crippen LogP contribution >= 0.6 is 0 Å². The molecule has 1 aromatic heterocycles. The molecule has 0 aliphatic carbocycles. The van der Waals surface area contributed by atoms with Gasteiger partial charge in [0, 0.05) is 24.8 Å². The molecular weight excluding hydrogens is 378 g/mol. The van der Waals surface area contributed by atoms with Gasteiger partial charge < -0.3 is 20.3 Å². The van der Waals surface area contributed by atoms with Gasteiger partial charge in [-0.3, -0.25) is 4.79 Å². The molecule has 30 heavy (non-hydrogen) atoms. The molecule has 0 saturated carbocycles. The first kappa shape index (κ1) is 19.4. The summed E-state index contributed by atoms with van der Waals surface area (Å²) in [5.41, 5.74) is 3.35. The normalized spacial score (nSPS) is 13.4. The van der Waals surface area contributed by atoms with Gasteiger partial charge >= 0.3 is 0 Å². The number of pyridine rings is 1. The lowest BCUT2D eigenvalue weighted by Gasteiger charge is -2.30. The highest BCUT2D eigenvalue weighted by atomic mass is 16.5. The van der Waals surface area contributed by atoms with Crippen LogP contribution in [0.15, 0.2) is 66.9 Å². The van der Waals surface area contributed by atoms with Crippen LogP contribution in [0.25, 0.3) is 0 Å². The molecule has 0 unspecified atom stereocenters. The fourth-order valence-corrected chi connectivity index (χ4v) is 3.32. The van der Waals surface area contributed by atoms with Gasteiger partial charge in [-0.15, -0.1) is 0 Å². The number of hydrogen-bond acceptors (Lipinski definition) is 6. The van der Waals surface area contributed by atoms with E-state index in [2.05, 4.69) is 26.6 Å². The van der Waals surface area contributed by atoms with Crippen LogP contribution in [0.2, 0.25) is 0 Å². The minimum Gasteiger partial charge on any atom is -0.378 e. The van der Waals surface area contributed by atoms with Crippen LogP contribution in [0.1, 0.15) is 15.9 Å². The van der Waals surface area contributed by atoms with Crippen molar-refractivity contribution in [3.63, 3.8) is 0 Å². The van der Waals surface area contributed by atoms with Crippen molar-refractivity contribution in [3.8, 4) is 6.07 Å². The first-order chi connectivity index (χ1) is 14.7. The van der Waals surface area contributed by atoms with E-state index in [1.165, 1.54) is 0 Å². The molecule has 7 heteroatoms.